The molecule has 0 amide bonds. The molecule has 1 aliphatic rings. The van der Waals surface area contributed by atoms with Gasteiger partial charge in [-0.15, -0.1) is 0 Å². The van der Waals surface area contributed by atoms with Gasteiger partial charge in [-0.1, -0.05) is 18.6 Å². The summed E-state index contributed by atoms with van der Waals surface area (Å²) >= 11 is 0. The molecule has 2 nitrogen and oxygen atoms in total. The predicted molar refractivity (Wildman–Crippen MR) is 88.4 cm³/mol. The molecular weight excluding hydrogens is 313 g/mol. The van der Waals surface area contributed by atoms with Gasteiger partial charge in [0.05, 0.1) is 5.56 Å². The topological polar surface area (TPSA) is 16.1 Å². The van der Waals surface area contributed by atoms with Gasteiger partial charge in [0.2, 0.25) is 0 Å². The highest BCUT2D eigenvalue weighted by atomic mass is 19.4. The Labute approximate surface area is 140 Å². The Bertz CT molecular complexity index is 697. The fraction of sp³-hybridized carbons (Fsp3) is 0.421. The van der Waals surface area contributed by atoms with Crippen LogP contribution in [0.2, 0.25) is 0 Å². The summed E-state index contributed by atoms with van der Waals surface area (Å²) in [6, 6.07) is 7.90. The molecule has 1 fully saturated rings. The van der Waals surface area contributed by atoms with Crippen LogP contribution in [0.15, 0.2) is 42.7 Å². The van der Waals surface area contributed by atoms with E-state index in [-0.39, 0.29) is 0 Å². The van der Waals surface area contributed by atoms with Crippen LogP contribution < -0.4 is 0 Å². The van der Waals surface area contributed by atoms with Crippen molar-refractivity contribution in [1.82, 2.24) is 9.88 Å². The van der Waals surface area contributed by atoms with Crippen molar-refractivity contribution in [3.05, 3.63) is 53.9 Å². The van der Waals surface area contributed by atoms with Gasteiger partial charge in [-0.25, -0.2) is 0 Å². The third kappa shape index (κ3) is 3.96. The van der Waals surface area contributed by atoms with Crippen LogP contribution in [0.4, 0.5) is 13.2 Å². The smallest absolute Gasteiger partial charge is 0.296 e. The molecule has 128 valence electrons. The molecule has 0 bridgehead atoms. The molecule has 0 aliphatic carbocycles. The fourth-order valence-corrected chi connectivity index (χ4v) is 3.23. The molecule has 3 rings (SSSR count). The van der Waals surface area contributed by atoms with Crippen molar-refractivity contribution >= 4 is 0 Å². The van der Waals surface area contributed by atoms with Gasteiger partial charge in [0.25, 0.3) is 0 Å². The first kappa shape index (κ1) is 17.0. The summed E-state index contributed by atoms with van der Waals surface area (Å²) in [5, 5.41) is 0. The minimum absolute atomic E-state index is 0.538. The fourth-order valence-electron chi connectivity index (χ4n) is 3.23. The molecule has 0 N–H and O–H groups in total. The van der Waals surface area contributed by atoms with E-state index in [1.165, 1.54) is 31.4 Å². The molecule has 1 aromatic heterocycles. The summed E-state index contributed by atoms with van der Waals surface area (Å²) in [4.78, 5) is 6.65. The number of likely N-dealkylation sites (tertiary alicyclic amines) is 1. The average molecular weight is 334 g/mol. The molecule has 1 saturated heterocycles. The van der Waals surface area contributed by atoms with Crippen LogP contribution in [0.25, 0.3) is 11.1 Å². The van der Waals surface area contributed by atoms with Crippen LogP contribution in [0.3, 0.4) is 0 Å². The van der Waals surface area contributed by atoms with Crippen molar-refractivity contribution in [1.29, 1.82) is 0 Å². The highest BCUT2D eigenvalue weighted by molar-refractivity contribution is 5.64. The number of halogens is 3. The first-order valence-electron chi connectivity index (χ1n) is 8.29. The Morgan fingerprint density at radius 3 is 2.71 bits per heavy atom. The van der Waals surface area contributed by atoms with Gasteiger partial charge in [-0.2, -0.15) is 13.2 Å². The van der Waals surface area contributed by atoms with Crippen molar-refractivity contribution in [2.24, 2.45) is 0 Å². The predicted octanol–water partition coefficient (Wildman–Crippen LogP) is 5.14. The van der Waals surface area contributed by atoms with E-state index in [0.29, 0.717) is 11.6 Å². The Hall–Kier alpha value is -1.88. The van der Waals surface area contributed by atoms with E-state index in [2.05, 4.69) is 16.8 Å². The van der Waals surface area contributed by atoms with Gasteiger partial charge >= 0.3 is 6.18 Å². The number of hydrogen-bond acceptors (Lipinski definition) is 2. The monoisotopic (exact) mass is 334 g/mol. The second kappa shape index (κ2) is 6.93. The maximum atomic E-state index is 12.9. The minimum atomic E-state index is -4.33. The normalized spacial score (nSPS) is 19.4. The van der Waals surface area contributed by atoms with Crippen LogP contribution in [0.5, 0.6) is 0 Å². The molecule has 2 aromatic rings. The van der Waals surface area contributed by atoms with E-state index in [0.717, 1.165) is 30.3 Å². The summed E-state index contributed by atoms with van der Waals surface area (Å²) in [6.45, 7) is 4.08. The first-order valence-corrected chi connectivity index (χ1v) is 8.29. The quantitative estimate of drug-likeness (QED) is 0.772. The molecule has 1 aliphatic heterocycles. The van der Waals surface area contributed by atoms with Crippen molar-refractivity contribution in [3.8, 4) is 11.1 Å². The second-order valence-corrected chi connectivity index (χ2v) is 6.48. The SMILES string of the molecule is C[C@H]1CCCCN1Cc1cncc(-c2cccc(C(F)(F)F)c2)c1. The number of piperidine rings is 1. The van der Waals surface area contributed by atoms with E-state index in [9.17, 15) is 13.2 Å². The molecule has 2 heterocycles. The molecule has 0 radical (unpaired) electrons. The number of benzene rings is 1. The van der Waals surface area contributed by atoms with E-state index >= 15 is 0 Å². The Morgan fingerprint density at radius 1 is 1.12 bits per heavy atom. The third-order valence-corrected chi connectivity index (χ3v) is 4.64. The van der Waals surface area contributed by atoms with Crippen LogP contribution >= 0.6 is 0 Å². The first-order chi connectivity index (χ1) is 11.4. The average Bonchev–Trinajstić information content (AvgIpc) is 2.57. The van der Waals surface area contributed by atoms with Crippen molar-refractivity contribution in [2.75, 3.05) is 6.54 Å². The molecule has 1 atom stereocenters. The van der Waals surface area contributed by atoms with Crippen molar-refractivity contribution in [3.63, 3.8) is 0 Å². The van der Waals surface area contributed by atoms with Crippen molar-refractivity contribution in [2.45, 2.75) is 44.9 Å². The van der Waals surface area contributed by atoms with Gasteiger partial charge in [-0.05, 0) is 55.6 Å². The van der Waals surface area contributed by atoms with Crippen LogP contribution in [0, 0.1) is 0 Å². The van der Waals surface area contributed by atoms with Gasteiger partial charge in [0.1, 0.15) is 0 Å². The lowest BCUT2D eigenvalue weighted by atomic mass is 10.0. The Kier molecular flexibility index (Phi) is 4.90. The van der Waals surface area contributed by atoms with E-state index < -0.39 is 11.7 Å². The highest BCUT2D eigenvalue weighted by Gasteiger charge is 2.30. The highest BCUT2D eigenvalue weighted by Crippen LogP contribution is 2.32. The van der Waals surface area contributed by atoms with E-state index in [4.69, 9.17) is 0 Å². The number of alkyl halides is 3. The number of rotatable bonds is 3. The Morgan fingerprint density at radius 2 is 1.96 bits per heavy atom. The maximum absolute atomic E-state index is 12.9. The number of hydrogen-bond donors (Lipinski definition) is 0. The molecule has 5 heteroatoms. The zero-order chi connectivity index (χ0) is 17.2. The summed E-state index contributed by atoms with van der Waals surface area (Å²) in [5.74, 6) is 0. The third-order valence-electron chi connectivity index (χ3n) is 4.64. The number of nitrogens with zero attached hydrogens (tertiary/aromatic N) is 2. The van der Waals surface area contributed by atoms with Gasteiger partial charge in [0.15, 0.2) is 0 Å². The van der Waals surface area contributed by atoms with Crippen LogP contribution in [0.1, 0.15) is 37.3 Å². The summed E-state index contributed by atoms with van der Waals surface area (Å²) in [5.41, 5.74) is 1.68. The largest absolute Gasteiger partial charge is 0.416 e. The lowest BCUT2D eigenvalue weighted by Crippen LogP contribution is -2.36. The van der Waals surface area contributed by atoms with Crippen LogP contribution in [-0.2, 0) is 12.7 Å². The molecular formula is C19H21F3N2. The van der Waals surface area contributed by atoms with Gasteiger partial charge in [0, 0.05) is 30.5 Å². The van der Waals surface area contributed by atoms with Gasteiger partial charge < -0.3 is 0 Å². The molecule has 1 aromatic carbocycles. The van der Waals surface area contributed by atoms with E-state index in [1.54, 1.807) is 18.5 Å². The molecule has 0 saturated carbocycles. The molecule has 0 spiro atoms. The zero-order valence-electron chi connectivity index (χ0n) is 13.7. The second-order valence-electron chi connectivity index (χ2n) is 6.48. The summed E-state index contributed by atoms with van der Waals surface area (Å²) in [7, 11) is 0. The van der Waals surface area contributed by atoms with Crippen LogP contribution in [-0.4, -0.2) is 22.5 Å². The minimum Gasteiger partial charge on any atom is -0.296 e. The number of pyridine rings is 1. The maximum Gasteiger partial charge on any atom is 0.416 e. The summed E-state index contributed by atoms with van der Waals surface area (Å²) in [6.07, 6.45) is 2.76. The zero-order valence-corrected chi connectivity index (χ0v) is 13.7. The van der Waals surface area contributed by atoms with Crippen molar-refractivity contribution < 1.29 is 13.2 Å². The molecule has 0 unspecified atom stereocenters. The standard InChI is InChI=1S/C19H21F3N2/c1-14-5-2-3-8-24(14)13-15-9-17(12-23-11-15)16-6-4-7-18(10-16)19(20,21)22/h4,6-7,9-12,14H,2-3,5,8,13H2,1H3/t14-/m0/s1. The lowest BCUT2D eigenvalue weighted by Gasteiger charge is -2.33. The van der Waals surface area contributed by atoms with E-state index in [1.807, 2.05) is 6.07 Å². The Balaban J connectivity index is 1.83. The lowest BCUT2D eigenvalue weighted by molar-refractivity contribution is -0.137. The number of aromatic nitrogens is 1. The summed E-state index contributed by atoms with van der Waals surface area (Å²) < 4.78 is 38.7. The molecule has 24 heavy (non-hydrogen) atoms. The van der Waals surface area contributed by atoms with Gasteiger partial charge in [-0.3, -0.25) is 9.88 Å².